The zero-order valence-electron chi connectivity index (χ0n) is 5.96. The van der Waals surface area contributed by atoms with Crippen molar-refractivity contribution in [3.8, 4) is 0 Å². The highest BCUT2D eigenvalue weighted by Gasteiger charge is 2.26. The van der Waals surface area contributed by atoms with Crippen LogP contribution in [0.2, 0.25) is 0 Å². The van der Waals surface area contributed by atoms with Crippen LogP contribution in [-0.2, 0) is 9.31 Å². The van der Waals surface area contributed by atoms with Gasteiger partial charge in [0.15, 0.2) is 0 Å². The average Bonchev–Trinajstić information content (AvgIpc) is 2.33. The molecule has 2 nitrogen and oxygen atoms in total. The highest BCUT2D eigenvalue weighted by Crippen LogP contribution is 2.16. The second-order valence-corrected chi connectivity index (χ2v) is 2.26. The van der Waals surface area contributed by atoms with Crippen molar-refractivity contribution in [2.75, 3.05) is 0 Å². The summed E-state index contributed by atoms with van der Waals surface area (Å²) in [6.07, 6.45) is 2.68. The first-order chi connectivity index (χ1) is 4.38. The van der Waals surface area contributed by atoms with Crippen molar-refractivity contribution in [2.24, 2.45) is 0 Å². The molecule has 0 spiro atoms. The first-order valence-corrected chi connectivity index (χ1v) is 3.51. The van der Waals surface area contributed by atoms with Crippen molar-refractivity contribution in [3.63, 3.8) is 0 Å². The van der Waals surface area contributed by atoms with E-state index in [1.54, 1.807) is 0 Å². The van der Waals surface area contributed by atoms with Crippen molar-refractivity contribution in [1.29, 1.82) is 0 Å². The van der Waals surface area contributed by atoms with E-state index >= 15 is 0 Å². The molecule has 0 aromatic heterocycles. The maximum atomic E-state index is 5.16. The number of hydrogen-bond acceptors (Lipinski definition) is 2. The summed E-state index contributed by atoms with van der Waals surface area (Å²) >= 11 is 0. The third-order valence-electron chi connectivity index (χ3n) is 1.68. The molecular formula is C6H12BO2. The van der Waals surface area contributed by atoms with E-state index < -0.39 is 0 Å². The van der Waals surface area contributed by atoms with Crippen molar-refractivity contribution in [2.45, 2.75) is 38.9 Å². The first-order valence-electron chi connectivity index (χ1n) is 3.51. The molecule has 1 aliphatic rings. The van der Waals surface area contributed by atoms with E-state index in [4.69, 9.17) is 9.31 Å². The lowest BCUT2D eigenvalue weighted by atomic mass is 10.1. The van der Waals surface area contributed by atoms with E-state index in [9.17, 15) is 0 Å². The van der Waals surface area contributed by atoms with Crippen LogP contribution in [-0.4, -0.2) is 19.9 Å². The molecule has 1 heterocycles. The molecule has 1 rings (SSSR count). The van der Waals surface area contributed by atoms with E-state index in [1.165, 1.54) is 7.69 Å². The summed E-state index contributed by atoms with van der Waals surface area (Å²) in [4.78, 5) is 0. The van der Waals surface area contributed by atoms with E-state index in [-0.39, 0.29) is 0 Å². The van der Waals surface area contributed by atoms with Crippen LogP contribution in [0.15, 0.2) is 0 Å². The number of rotatable bonds is 2. The lowest BCUT2D eigenvalue weighted by Crippen LogP contribution is -2.20. The van der Waals surface area contributed by atoms with Crippen molar-refractivity contribution < 1.29 is 9.31 Å². The van der Waals surface area contributed by atoms with Crippen LogP contribution in [0.25, 0.3) is 0 Å². The Balaban J connectivity index is 2.32. The smallest absolute Gasteiger partial charge is 0.408 e. The van der Waals surface area contributed by atoms with Gasteiger partial charge >= 0.3 is 7.69 Å². The lowest BCUT2D eigenvalue weighted by Gasteiger charge is -2.13. The van der Waals surface area contributed by atoms with Crippen LogP contribution in [0.5, 0.6) is 0 Å². The van der Waals surface area contributed by atoms with E-state index in [2.05, 4.69) is 13.8 Å². The summed E-state index contributed by atoms with van der Waals surface area (Å²) in [5.41, 5.74) is 0. The monoisotopic (exact) mass is 127 g/mol. The van der Waals surface area contributed by atoms with Gasteiger partial charge in [-0.05, 0) is 12.8 Å². The Labute approximate surface area is 56.8 Å². The highest BCUT2D eigenvalue weighted by atomic mass is 16.6. The molecule has 1 fully saturated rings. The third kappa shape index (κ3) is 1.46. The summed E-state index contributed by atoms with van der Waals surface area (Å²) in [6, 6.07) is 0. The minimum absolute atomic E-state index is 0.301. The van der Waals surface area contributed by atoms with Gasteiger partial charge in [-0.1, -0.05) is 13.8 Å². The molecular weight excluding hydrogens is 115 g/mol. The van der Waals surface area contributed by atoms with Gasteiger partial charge in [0.2, 0.25) is 0 Å². The van der Waals surface area contributed by atoms with Crippen LogP contribution in [0.1, 0.15) is 26.7 Å². The minimum Gasteiger partial charge on any atom is -0.408 e. The highest BCUT2D eigenvalue weighted by molar-refractivity contribution is 6.19. The Bertz CT molecular complexity index is 77.1. The second kappa shape index (κ2) is 3.23. The normalized spacial score (nSPS) is 34.4. The van der Waals surface area contributed by atoms with Gasteiger partial charge < -0.3 is 9.31 Å². The Morgan fingerprint density at radius 1 is 1.11 bits per heavy atom. The van der Waals surface area contributed by atoms with Crippen LogP contribution in [0.3, 0.4) is 0 Å². The van der Waals surface area contributed by atoms with Gasteiger partial charge in [-0.2, -0.15) is 0 Å². The van der Waals surface area contributed by atoms with Gasteiger partial charge in [-0.25, -0.2) is 0 Å². The number of hydrogen-bond donors (Lipinski definition) is 0. The lowest BCUT2D eigenvalue weighted by molar-refractivity contribution is 0.148. The Kier molecular flexibility index (Phi) is 2.55. The maximum absolute atomic E-state index is 5.16. The minimum atomic E-state index is 0.301. The fourth-order valence-electron chi connectivity index (χ4n) is 1.07. The summed E-state index contributed by atoms with van der Waals surface area (Å²) in [5.74, 6) is 0. The van der Waals surface area contributed by atoms with Gasteiger partial charge in [0.1, 0.15) is 0 Å². The van der Waals surface area contributed by atoms with Crippen molar-refractivity contribution >= 4 is 7.69 Å². The van der Waals surface area contributed by atoms with Crippen molar-refractivity contribution in [3.05, 3.63) is 0 Å². The first kappa shape index (κ1) is 7.10. The van der Waals surface area contributed by atoms with Gasteiger partial charge in [0.25, 0.3) is 0 Å². The molecule has 1 radical (unpaired) electrons. The molecule has 2 atom stereocenters. The molecule has 1 saturated heterocycles. The van der Waals surface area contributed by atoms with E-state index in [1.807, 2.05) is 0 Å². The van der Waals surface area contributed by atoms with E-state index in [0.29, 0.717) is 12.2 Å². The predicted octanol–water partition coefficient (Wildman–Crippen LogP) is 1.12. The summed E-state index contributed by atoms with van der Waals surface area (Å²) in [6.45, 7) is 4.21. The maximum Gasteiger partial charge on any atom is 0.488 e. The standard InChI is InChI=1S/C6H12BO2/c1-3-5-6(4-2)9-7-8-5/h5-6H,3-4H2,1-2H3. The van der Waals surface area contributed by atoms with Crippen LogP contribution >= 0.6 is 0 Å². The Morgan fingerprint density at radius 2 is 1.56 bits per heavy atom. The van der Waals surface area contributed by atoms with E-state index in [0.717, 1.165) is 12.8 Å². The average molecular weight is 127 g/mol. The topological polar surface area (TPSA) is 18.5 Å². The summed E-state index contributed by atoms with van der Waals surface area (Å²) in [7, 11) is 1.46. The molecule has 2 unspecified atom stereocenters. The molecule has 51 valence electrons. The molecule has 3 heteroatoms. The molecule has 0 aromatic rings. The fraction of sp³-hybridized carbons (Fsp3) is 1.00. The molecule has 0 N–H and O–H groups in total. The molecule has 9 heavy (non-hydrogen) atoms. The quantitative estimate of drug-likeness (QED) is 0.517. The molecule has 0 aromatic carbocycles. The second-order valence-electron chi connectivity index (χ2n) is 2.26. The molecule has 0 amide bonds. The summed E-state index contributed by atoms with van der Waals surface area (Å²) in [5, 5.41) is 0. The van der Waals surface area contributed by atoms with Gasteiger partial charge in [0, 0.05) is 0 Å². The molecule has 0 saturated carbocycles. The van der Waals surface area contributed by atoms with Gasteiger partial charge in [0.05, 0.1) is 12.2 Å². The SMILES string of the molecule is CCC1O[B]OC1CC. The van der Waals surface area contributed by atoms with Crippen LogP contribution < -0.4 is 0 Å². The largest absolute Gasteiger partial charge is 0.488 e. The Morgan fingerprint density at radius 3 is 1.89 bits per heavy atom. The summed E-state index contributed by atoms with van der Waals surface area (Å²) < 4.78 is 10.3. The third-order valence-corrected chi connectivity index (χ3v) is 1.68. The molecule has 1 aliphatic heterocycles. The van der Waals surface area contributed by atoms with Crippen LogP contribution in [0.4, 0.5) is 0 Å². The molecule has 0 aliphatic carbocycles. The zero-order valence-corrected chi connectivity index (χ0v) is 5.96. The molecule has 0 bridgehead atoms. The van der Waals surface area contributed by atoms with Crippen molar-refractivity contribution in [1.82, 2.24) is 0 Å². The van der Waals surface area contributed by atoms with Gasteiger partial charge in [-0.3, -0.25) is 0 Å². The zero-order chi connectivity index (χ0) is 6.69. The Hall–Kier alpha value is -0.0151. The van der Waals surface area contributed by atoms with Crippen LogP contribution in [0, 0.1) is 0 Å². The predicted molar refractivity (Wildman–Crippen MR) is 36.1 cm³/mol. The fourth-order valence-corrected chi connectivity index (χ4v) is 1.07. The van der Waals surface area contributed by atoms with Gasteiger partial charge in [-0.15, -0.1) is 0 Å².